The van der Waals surface area contributed by atoms with Crippen LogP contribution in [0.4, 0.5) is 4.39 Å². The van der Waals surface area contributed by atoms with Crippen LogP contribution in [0.5, 0.6) is 0 Å². The Morgan fingerprint density at radius 2 is 1.94 bits per heavy atom. The van der Waals surface area contributed by atoms with E-state index in [1.54, 1.807) is 19.1 Å². The lowest BCUT2D eigenvalue weighted by atomic mass is 10.1. The van der Waals surface area contributed by atoms with Gasteiger partial charge in [0.25, 0.3) is 0 Å². The molecular weight excluding hydrogens is 221 g/mol. The molecule has 0 heterocycles. The number of carbonyl (C=O) groups excluding carboxylic acids is 1. The van der Waals surface area contributed by atoms with Crippen LogP contribution >= 0.6 is 0 Å². The number of hydrogen-bond acceptors (Lipinski definition) is 2. The van der Waals surface area contributed by atoms with Crippen LogP contribution < -0.4 is 5.32 Å². The summed E-state index contributed by atoms with van der Waals surface area (Å²) in [7, 11) is 0. The molecule has 1 amide bonds. The van der Waals surface area contributed by atoms with E-state index in [2.05, 4.69) is 5.32 Å². The summed E-state index contributed by atoms with van der Waals surface area (Å²) in [6.45, 7) is 3.53. The van der Waals surface area contributed by atoms with Crippen LogP contribution in [0.25, 0.3) is 0 Å². The van der Waals surface area contributed by atoms with E-state index in [-0.39, 0.29) is 24.2 Å². The van der Waals surface area contributed by atoms with Crippen molar-refractivity contribution in [2.75, 3.05) is 0 Å². The first kappa shape index (κ1) is 13.6. The Kier molecular flexibility index (Phi) is 5.10. The van der Waals surface area contributed by atoms with Gasteiger partial charge in [0.05, 0.1) is 12.5 Å². The maximum atomic E-state index is 12.6. The SMILES string of the molecule is CC(O)CC(C)NC(=O)Cc1ccc(F)cc1. The van der Waals surface area contributed by atoms with E-state index in [9.17, 15) is 9.18 Å². The van der Waals surface area contributed by atoms with Crippen molar-refractivity contribution in [2.24, 2.45) is 0 Å². The summed E-state index contributed by atoms with van der Waals surface area (Å²) in [6.07, 6.45) is 0.315. The van der Waals surface area contributed by atoms with E-state index in [4.69, 9.17) is 5.11 Å². The van der Waals surface area contributed by atoms with Crippen molar-refractivity contribution in [2.45, 2.75) is 38.8 Å². The lowest BCUT2D eigenvalue weighted by Crippen LogP contribution is -2.35. The molecule has 17 heavy (non-hydrogen) atoms. The fourth-order valence-corrected chi connectivity index (χ4v) is 1.68. The summed E-state index contributed by atoms with van der Waals surface area (Å²) in [4.78, 5) is 11.6. The largest absolute Gasteiger partial charge is 0.393 e. The molecule has 4 heteroatoms. The Morgan fingerprint density at radius 1 is 1.35 bits per heavy atom. The van der Waals surface area contributed by atoms with Gasteiger partial charge in [0.1, 0.15) is 5.82 Å². The van der Waals surface area contributed by atoms with Gasteiger partial charge >= 0.3 is 0 Å². The molecule has 94 valence electrons. The van der Waals surface area contributed by atoms with Crippen molar-refractivity contribution in [3.05, 3.63) is 35.6 Å². The number of aliphatic hydroxyl groups is 1. The van der Waals surface area contributed by atoms with E-state index in [0.717, 1.165) is 5.56 Å². The number of carbonyl (C=O) groups is 1. The number of halogens is 1. The highest BCUT2D eigenvalue weighted by Gasteiger charge is 2.10. The first-order valence-electron chi connectivity index (χ1n) is 5.69. The van der Waals surface area contributed by atoms with E-state index in [1.807, 2.05) is 6.92 Å². The van der Waals surface area contributed by atoms with Crippen LogP contribution in [0, 0.1) is 5.82 Å². The van der Waals surface area contributed by atoms with Crippen LogP contribution in [-0.4, -0.2) is 23.2 Å². The highest BCUT2D eigenvalue weighted by atomic mass is 19.1. The molecule has 2 unspecified atom stereocenters. The zero-order valence-corrected chi connectivity index (χ0v) is 10.1. The van der Waals surface area contributed by atoms with Crippen molar-refractivity contribution in [1.29, 1.82) is 0 Å². The van der Waals surface area contributed by atoms with E-state index >= 15 is 0 Å². The minimum Gasteiger partial charge on any atom is -0.393 e. The molecule has 2 N–H and O–H groups in total. The van der Waals surface area contributed by atoms with Gasteiger partial charge in [-0.3, -0.25) is 4.79 Å². The second-order valence-electron chi connectivity index (χ2n) is 4.36. The third-order valence-corrected chi connectivity index (χ3v) is 2.38. The van der Waals surface area contributed by atoms with Crippen molar-refractivity contribution >= 4 is 5.91 Å². The summed E-state index contributed by atoms with van der Waals surface area (Å²) in [5.41, 5.74) is 0.771. The Morgan fingerprint density at radius 3 is 2.47 bits per heavy atom. The second kappa shape index (κ2) is 6.35. The molecule has 0 aliphatic carbocycles. The van der Waals surface area contributed by atoms with Gasteiger partial charge in [0.2, 0.25) is 5.91 Å². The highest BCUT2D eigenvalue weighted by Crippen LogP contribution is 2.04. The quantitative estimate of drug-likeness (QED) is 0.820. The molecule has 1 aromatic carbocycles. The van der Waals surface area contributed by atoms with Gasteiger partial charge < -0.3 is 10.4 Å². The first-order chi connectivity index (χ1) is 7.97. The molecule has 2 atom stereocenters. The van der Waals surface area contributed by atoms with Crippen LogP contribution in [0.2, 0.25) is 0 Å². The molecule has 0 aliphatic rings. The maximum Gasteiger partial charge on any atom is 0.224 e. The topological polar surface area (TPSA) is 49.3 Å². The summed E-state index contributed by atoms with van der Waals surface area (Å²) in [5, 5.41) is 11.9. The first-order valence-corrected chi connectivity index (χ1v) is 5.69. The fraction of sp³-hybridized carbons (Fsp3) is 0.462. The fourth-order valence-electron chi connectivity index (χ4n) is 1.68. The summed E-state index contributed by atoms with van der Waals surface area (Å²) in [6, 6.07) is 5.79. The van der Waals surface area contributed by atoms with E-state index < -0.39 is 6.10 Å². The normalized spacial score (nSPS) is 14.1. The Labute approximate surface area is 101 Å². The Bertz CT molecular complexity index is 362. The Balaban J connectivity index is 2.41. The molecule has 0 bridgehead atoms. The zero-order chi connectivity index (χ0) is 12.8. The second-order valence-corrected chi connectivity index (χ2v) is 4.36. The standard InChI is InChI=1S/C13H18FNO2/c1-9(7-10(2)16)15-13(17)8-11-3-5-12(14)6-4-11/h3-6,9-10,16H,7-8H2,1-2H3,(H,15,17). The average Bonchev–Trinajstić information content (AvgIpc) is 2.19. The number of hydrogen-bond donors (Lipinski definition) is 2. The predicted octanol–water partition coefficient (Wildman–Crippen LogP) is 1.64. The number of amides is 1. The van der Waals surface area contributed by atoms with Gasteiger partial charge in [-0.25, -0.2) is 4.39 Å². The van der Waals surface area contributed by atoms with Gasteiger partial charge in [-0.1, -0.05) is 12.1 Å². The monoisotopic (exact) mass is 239 g/mol. The lowest BCUT2D eigenvalue weighted by molar-refractivity contribution is -0.121. The highest BCUT2D eigenvalue weighted by molar-refractivity contribution is 5.78. The summed E-state index contributed by atoms with van der Waals surface area (Å²) in [5.74, 6) is -0.429. The minimum absolute atomic E-state index is 0.0667. The molecule has 0 saturated heterocycles. The van der Waals surface area contributed by atoms with Crippen molar-refractivity contribution in [3.63, 3.8) is 0 Å². The molecule has 0 aromatic heterocycles. The van der Waals surface area contributed by atoms with Crippen LogP contribution in [0.15, 0.2) is 24.3 Å². The van der Waals surface area contributed by atoms with Crippen LogP contribution in [-0.2, 0) is 11.2 Å². The number of rotatable bonds is 5. The predicted molar refractivity (Wildman–Crippen MR) is 64.0 cm³/mol. The van der Waals surface area contributed by atoms with E-state index in [0.29, 0.717) is 6.42 Å². The zero-order valence-electron chi connectivity index (χ0n) is 10.1. The number of nitrogens with one attached hydrogen (secondary N) is 1. The smallest absolute Gasteiger partial charge is 0.224 e. The van der Waals surface area contributed by atoms with Gasteiger partial charge in [-0.15, -0.1) is 0 Å². The lowest BCUT2D eigenvalue weighted by Gasteiger charge is -2.15. The molecule has 3 nitrogen and oxygen atoms in total. The summed E-state index contributed by atoms with van der Waals surface area (Å²) >= 11 is 0. The third kappa shape index (κ3) is 5.45. The van der Waals surface area contributed by atoms with Crippen LogP contribution in [0.1, 0.15) is 25.8 Å². The minimum atomic E-state index is -0.434. The van der Waals surface area contributed by atoms with Crippen molar-refractivity contribution < 1.29 is 14.3 Å². The van der Waals surface area contributed by atoms with Gasteiger partial charge in [-0.2, -0.15) is 0 Å². The molecule has 0 fully saturated rings. The molecular formula is C13H18FNO2. The van der Waals surface area contributed by atoms with Gasteiger partial charge in [0.15, 0.2) is 0 Å². The van der Waals surface area contributed by atoms with Gasteiger partial charge in [-0.05, 0) is 38.0 Å². The number of benzene rings is 1. The average molecular weight is 239 g/mol. The van der Waals surface area contributed by atoms with Crippen molar-refractivity contribution in [1.82, 2.24) is 5.32 Å². The third-order valence-electron chi connectivity index (χ3n) is 2.38. The summed E-state index contributed by atoms with van der Waals surface area (Å²) < 4.78 is 12.6. The molecule has 1 aromatic rings. The number of aliphatic hydroxyl groups excluding tert-OH is 1. The maximum absolute atomic E-state index is 12.6. The Hall–Kier alpha value is -1.42. The van der Waals surface area contributed by atoms with E-state index in [1.165, 1.54) is 12.1 Å². The molecule has 0 saturated carbocycles. The molecule has 0 radical (unpaired) electrons. The van der Waals surface area contributed by atoms with Crippen LogP contribution in [0.3, 0.4) is 0 Å². The molecule has 0 spiro atoms. The molecule has 0 aliphatic heterocycles. The van der Waals surface area contributed by atoms with Crippen molar-refractivity contribution in [3.8, 4) is 0 Å². The molecule has 1 rings (SSSR count). The van der Waals surface area contributed by atoms with Gasteiger partial charge in [0, 0.05) is 6.04 Å².